The van der Waals surface area contributed by atoms with Gasteiger partial charge in [0, 0.05) is 32.7 Å². The van der Waals surface area contributed by atoms with Crippen LogP contribution >= 0.6 is 0 Å². The van der Waals surface area contributed by atoms with Gasteiger partial charge in [-0.25, -0.2) is 0 Å². The van der Waals surface area contributed by atoms with E-state index in [-0.39, 0.29) is 5.91 Å². The third-order valence-electron chi connectivity index (χ3n) is 5.51. The van der Waals surface area contributed by atoms with Crippen molar-refractivity contribution < 1.29 is 14.3 Å². The molecule has 0 aromatic heterocycles. The third-order valence-corrected chi connectivity index (χ3v) is 5.51. The number of rotatable bonds is 8. The number of hydrogen-bond donors (Lipinski definition) is 2. The molecule has 6 heteroatoms. The molecule has 1 aliphatic heterocycles. The second-order valence-corrected chi connectivity index (χ2v) is 7.33. The van der Waals surface area contributed by atoms with Crippen LogP contribution in [0.5, 0.6) is 11.5 Å². The van der Waals surface area contributed by atoms with Gasteiger partial charge in [-0.2, -0.15) is 0 Å². The molecule has 0 atom stereocenters. The lowest BCUT2D eigenvalue weighted by molar-refractivity contribution is -0.122. The molecule has 1 saturated heterocycles. The van der Waals surface area contributed by atoms with Crippen LogP contribution in [0.15, 0.2) is 42.5 Å². The summed E-state index contributed by atoms with van der Waals surface area (Å²) in [6.07, 6.45) is 2.07. The zero-order valence-corrected chi connectivity index (χ0v) is 17.5. The number of carbonyl (C=O) groups excluding carboxylic acids is 1. The highest BCUT2D eigenvalue weighted by Crippen LogP contribution is 2.35. The van der Waals surface area contributed by atoms with Crippen LogP contribution in [0.1, 0.15) is 18.4 Å². The van der Waals surface area contributed by atoms with Gasteiger partial charge < -0.3 is 20.1 Å². The number of likely N-dealkylation sites (N-methyl/N-ethyl adjacent to an activating group) is 1. The van der Waals surface area contributed by atoms with E-state index in [1.165, 1.54) is 5.56 Å². The van der Waals surface area contributed by atoms with E-state index in [0.29, 0.717) is 12.6 Å². The van der Waals surface area contributed by atoms with Crippen LogP contribution in [0.3, 0.4) is 0 Å². The molecule has 0 radical (unpaired) electrons. The maximum Gasteiger partial charge on any atom is 0.233 e. The van der Waals surface area contributed by atoms with Crippen molar-refractivity contribution in [2.75, 3.05) is 40.9 Å². The highest BCUT2D eigenvalue weighted by Gasteiger charge is 2.21. The van der Waals surface area contributed by atoms with E-state index in [0.717, 1.165) is 55.1 Å². The lowest BCUT2D eigenvalue weighted by Gasteiger charge is -2.32. The molecule has 0 aliphatic carbocycles. The predicted molar refractivity (Wildman–Crippen MR) is 115 cm³/mol. The average molecular weight is 398 g/mol. The van der Waals surface area contributed by atoms with Gasteiger partial charge in [0.25, 0.3) is 0 Å². The molecule has 0 bridgehead atoms. The summed E-state index contributed by atoms with van der Waals surface area (Å²) >= 11 is 0. The molecule has 29 heavy (non-hydrogen) atoms. The molecule has 156 valence electrons. The Morgan fingerprint density at radius 2 is 1.72 bits per heavy atom. The molecule has 2 aromatic carbocycles. The molecule has 2 N–H and O–H groups in total. The number of hydrogen-bond acceptors (Lipinski definition) is 5. The Hall–Kier alpha value is -2.57. The quantitative estimate of drug-likeness (QED) is 0.717. The van der Waals surface area contributed by atoms with Crippen LogP contribution in [-0.2, 0) is 11.3 Å². The molecular formula is C23H31N3O3. The summed E-state index contributed by atoms with van der Waals surface area (Å²) in [5, 5.41) is 6.39. The third kappa shape index (κ3) is 5.49. The second-order valence-electron chi connectivity index (χ2n) is 7.33. The number of nitrogens with one attached hydrogen (secondary N) is 2. The highest BCUT2D eigenvalue weighted by atomic mass is 16.5. The van der Waals surface area contributed by atoms with Crippen LogP contribution in [0.4, 0.5) is 0 Å². The SMILES string of the molecule is CNC(=O)CN1CCC(NCc2cc(OC)c(OC)cc2-c2ccccc2)CC1. The van der Waals surface area contributed by atoms with Crippen molar-refractivity contribution in [2.24, 2.45) is 0 Å². The molecule has 6 nitrogen and oxygen atoms in total. The summed E-state index contributed by atoms with van der Waals surface area (Å²) < 4.78 is 11.0. The number of carbonyl (C=O) groups is 1. The van der Waals surface area contributed by atoms with Crippen molar-refractivity contribution in [2.45, 2.75) is 25.4 Å². The van der Waals surface area contributed by atoms with Gasteiger partial charge in [0.15, 0.2) is 11.5 Å². The minimum absolute atomic E-state index is 0.0780. The van der Waals surface area contributed by atoms with Gasteiger partial charge in [-0.1, -0.05) is 30.3 Å². The second kappa shape index (κ2) is 10.3. The average Bonchev–Trinajstić information content (AvgIpc) is 2.78. The van der Waals surface area contributed by atoms with Crippen molar-refractivity contribution in [1.82, 2.24) is 15.5 Å². The monoisotopic (exact) mass is 397 g/mol. The Labute approximate surface area is 173 Å². The summed E-state index contributed by atoms with van der Waals surface area (Å²) in [6, 6.07) is 14.9. The van der Waals surface area contributed by atoms with Crippen molar-refractivity contribution in [3.05, 3.63) is 48.0 Å². The number of likely N-dealkylation sites (tertiary alicyclic amines) is 1. The molecule has 1 fully saturated rings. The molecule has 2 aromatic rings. The van der Waals surface area contributed by atoms with Crippen LogP contribution in [0, 0.1) is 0 Å². The number of methoxy groups -OCH3 is 2. The molecule has 1 heterocycles. The maximum atomic E-state index is 11.6. The highest BCUT2D eigenvalue weighted by molar-refractivity contribution is 5.77. The maximum absolute atomic E-state index is 11.6. The summed E-state index contributed by atoms with van der Waals surface area (Å²) in [5.41, 5.74) is 3.49. The van der Waals surface area contributed by atoms with Crippen LogP contribution in [0.25, 0.3) is 11.1 Å². The molecule has 1 aliphatic rings. The molecular weight excluding hydrogens is 366 g/mol. The first kappa shape index (κ1) is 21.1. The van der Waals surface area contributed by atoms with Crippen LogP contribution in [-0.4, -0.2) is 57.8 Å². The van der Waals surface area contributed by atoms with Gasteiger partial charge in [-0.15, -0.1) is 0 Å². The van der Waals surface area contributed by atoms with Gasteiger partial charge in [-0.05, 0) is 41.7 Å². The van der Waals surface area contributed by atoms with E-state index in [2.05, 4.69) is 39.8 Å². The Morgan fingerprint density at radius 3 is 2.34 bits per heavy atom. The molecule has 0 spiro atoms. The Balaban J connectivity index is 1.69. The topological polar surface area (TPSA) is 62.8 Å². The van der Waals surface area contributed by atoms with E-state index < -0.39 is 0 Å². The van der Waals surface area contributed by atoms with Crippen molar-refractivity contribution in [3.63, 3.8) is 0 Å². The van der Waals surface area contributed by atoms with Crippen molar-refractivity contribution in [1.29, 1.82) is 0 Å². The zero-order valence-electron chi connectivity index (χ0n) is 17.5. The molecule has 1 amide bonds. The predicted octanol–water partition coefficient (Wildman–Crippen LogP) is 2.67. The van der Waals surface area contributed by atoms with Crippen molar-refractivity contribution >= 4 is 5.91 Å². The Morgan fingerprint density at radius 1 is 1.07 bits per heavy atom. The van der Waals surface area contributed by atoms with Crippen LogP contribution < -0.4 is 20.1 Å². The first-order chi connectivity index (χ1) is 14.1. The van der Waals surface area contributed by atoms with E-state index >= 15 is 0 Å². The summed E-state index contributed by atoms with van der Waals surface area (Å²) in [7, 11) is 5.01. The number of ether oxygens (including phenoxy) is 2. The smallest absolute Gasteiger partial charge is 0.233 e. The summed E-state index contributed by atoms with van der Waals surface area (Å²) in [4.78, 5) is 13.8. The lowest BCUT2D eigenvalue weighted by Crippen LogP contribution is -2.45. The summed E-state index contributed by atoms with van der Waals surface area (Å²) in [6.45, 7) is 3.10. The Bertz CT molecular complexity index is 803. The van der Waals surface area contributed by atoms with Gasteiger partial charge in [0.05, 0.1) is 20.8 Å². The van der Waals surface area contributed by atoms with Gasteiger partial charge in [0.2, 0.25) is 5.91 Å². The summed E-state index contributed by atoms with van der Waals surface area (Å²) in [5.74, 6) is 1.55. The fraction of sp³-hybridized carbons (Fsp3) is 0.435. The van der Waals surface area contributed by atoms with E-state index in [4.69, 9.17) is 9.47 Å². The number of piperidine rings is 1. The normalized spacial score (nSPS) is 15.1. The largest absolute Gasteiger partial charge is 0.493 e. The Kier molecular flexibility index (Phi) is 7.49. The lowest BCUT2D eigenvalue weighted by atomic mass is 9.97. The van der Waals surface area contributed by atoms with Gasteiger partial charge >= 0.3 is 0 Å². The zero-order chi connectivity index (χ0) is 20.6. The number of amides is 1. The van der Waals surface area contributed by atoms with Gasteiger partial charge in [0.1, 0.15) is 0 Å². The molecule has 0 unspecified atom stereocenters. The van der Waals surface area contributed by atoms with E-state index in [1.54, 1.807) is 21.3 Å². The fourth-order valence-electron chi connectivity index (χ4n) is 3.79. The van der Waals surface area contributed by atoms with Crippen LogP contribution in [0.2, 0.25) is 0 Å². The minimum Gasteiger partial charge on any atom is -0.493 e. The first-order valence-corrected chi connectivity index (χ1v) is 10.1. The van der Waals surface area contributed by atoms with Gasteiger partial charge in [-0.3, -0.25) is 9.69 Å². The molecule has 0 saturated carbocycles. The fourth-order valence-corrected chi connectivity index (χ4v) is 3.79. The van der Waals surface area contributed by atoms with E-state index in [9.17, 15) is 4.79 Å². The standard InChI is InChI=1S/C23H31N3O3/c1-24-23(27)16-26-11-9-19(10-12-26)25-15-18-13-21(28-2)22(29-3)14-20(18)17-7-5-4-6-8-17/h4-8,13-14,19,25H,9-12,15-16H2,1-3H3,(H,24,27). The minimum atomic E-state index is 0.0780. The molecule has 3 rings (SSSR count). The van der Waals surface area contributed by atoms with E-state index in [1.807, 2.05) is 18.2 Å². The number of benzene rings is 2. The van der Waals surface area contributed by atoms with Crippen molar-refractivity contribution in [3.8, 4) is 22.6 Å². The first-order valence-electron chi connectivity index (χ1n) is 10.1. The number of nitrogens with zero attached hydrogens (tertiary/aromatic N) is 1.